The zero-order chi connectivity index (χ0) is 15.0. The van der Waals surface area contributed by atoms with E-state index in [-0.39, 0.29) is 11.4 Å². The predicted molar refractivity (Wildman–Crippen MR) is 81.5 cm³/mol. The van der Waals surface area contributed by atoms with Crippen molar-refractivity contribution < 1.29 is 4.79 Å². The molecule has 1 aliphatic carbocycles. The molecule has 0 aromatic carbocycles. The molecule has 3 N–H and O–H groups in total. The Balaban J connectivity index is 1.91. The molecule has 5 heteroatoms. The number of hydrogen-bond donors (Lipinski definition) is 2. The molecule has 5 nitrogen and oxygen atoms in total. The molecule has 2 atom stereocenters. The topological polar surface area (TPSA) is 61.6 Å². The number of nitrogens with one attached hydrogen (secondary N) is 1. The molecule has 1 saturated carbocycles. The van der Waals surface area contributed by atoms with Gasteiger partial charge in [0.1, 0.15) is 0 Å². The molecule has 2 fully saturated rings. The molecule has 2 aliphatic rings. The van der Waals surface area contributed by atoms with E-state index in [9.17, 15) is 4.79 Å². The van der Waals surface area contributed by atoms with Crippen molar-refractivity contribution in [2.24, 2.45) is 5.73 Å². The second-order valence-electron chi connectivity index (χ2n) is 7.29. The third kappa shape index (κ3) is 3.00. The van der Waals surface area contributed by atoms with Gasteiger partial charge in [-0.15, -0.1) is 0 Å². The lowest BCUT2D eigenvalue weighted by molar-refractivity contribution is -0.124. The van der Waals surface area contributed by atoms with Crippen molar-refractivity contribution in [3.63, 3.8) is 0 Å². The summed E-state index contributed by atoms with van der Waals surface area (Å²) < 4.78 is 0. The standard InChI is InChI=1S/C15H30N4O/c1-14(2,3)19-9-7-18(8-10-19)12-5-6-15(11-12,17-4)13(16)20/h12,17H,5-11H2,1-4H3,(H2,16,20). The van der Waals surface area contributed by atoms with Crippen molar-refractivity contribution in [3.8, 4) is 0 Å². The van der Waals surface area contributed by atoms with E-state index in [0.29, 0.717) is 6.04 Å². The van der Waals surface area contributed by atoms with Gasteiger partial charge in [-0.2, -0.15) is 0 Å². The predicted octanol–water partition coefficient (Wildman–Crippen LogP) is 0.399. The maximum atomic E-state index is 11.7. The average Bonchev–Trinajstić information content (AvgIpc) is 2.83. The highest BCUT2D eigenvalue weighted by Crippen LogP contribution is 2.33. The highest BCUT2D eigenvalue weighted by Gasteiger charge is 2.45. The molecule has 1 saturated heterocycles. The van der Waals surface area contributed by atoms with E-state index in [1.807, 2.05) is 7.05 Å². The first-order valence-corrected chi connectivity index (χ1v) is 7.76. The lowest BCUT2D eigenvalue weighted by Crippen LogP contribution is -2.57. The van der Waals surface area contributed by atoms with E-state index in [4.69, 9.17) is 5.73 Å². The van der Waals surface area contributed by atoms with Gasteiger partial charge in [-0.3, -0.25) is 14.6 Å². The summed E-state index contributed by atoms with van der Waals surface area (Å²) in [7, 11) is 1.85. The van der Waals surface area contributed by atoms with Gasteiger partial charge in [0.25, 0.3) is 0 Å². The molecule has 1 aliphatic heterocycles. The number of rotatable bonds is 3. The summed E-state index contributed by atoms with van der Waals surface area (Å²) in [5.74, 6) is -0.198. The number of amides is 1. The Kier molecular flexibility index (Phi) is 4.42. The van der Waals surface area contributed by atoms with Gasteiger partial charge in [-0.25, -0.2) is 0 Å². The Bertz CT molecular complexity index is 357. The maximum absolute atomic E-state index is 11.7. The van der Waals surface area contributed by atoms with Crippen molar-refractivity contribution in [1.29, 1.82) is 0 Å². The average molecular weight is 282 g/mol. The van der Waals surface area contributed by atoms with Gasteiger partial charge in [-0.1, -0.05) is 0 Å². The van der Waals surface area contributed by atoms with E-state index in [1.54, 1.807) is 0 Å². The van der Waals surface area contributed by atoms with Crippen molar-refractivity contribution in [2.75, 3.05) is 33.2 Å². The minimum absolute atomic E-state index is 0.198. The Labute approximate surface area is 122 Å². The van der Waals surface area contributed by atoms with Crippen LogP contribution >= 0.6 is 0 Å². The molecule has 1 heterocycles. The van der Waals surface area contributed by atoms with Gasteiger partial charge in [0.2, 0.25) is 5.91 Å². The Morgan fingerprint density at radius 2 is 1.85 bits per heavy atom. The number of carbonyl (C=O) groups is 1. The third-order valence-corrected chi connectivity index (χ3v) is 5.22. The van der Waals surface area contributed by atoms with Gasteiger partial charge in [0, 0.05) is 37.8 Å². The largest absolute Gasteiger partial charge is 0.368 e. The molecule has 0 radical (unpaired) electrons. The van der Waals surface area contributed by atoms with Crippen LogP contribution in [0.2, 0.25) is 0 Å². The van der Waals surface area contributed by atoms with Crippen LogP contribution in [0.5, 0.6) is 0 Å². The quantitative estimate of drug-likeness (QED) is 0.786. The number of hydrogen-bond acceptors (Lipinski definition) is 4. The SMILES string of the molecule is CNC1(C(N)=O)CCC(N2CCN(C(C)(C)C)CC2)C1. The fraction of sp³-hybridized carbons (Fsp3) is 0.933. The Morgan fingerprint density at radius 1 is 1.25 bits per heavy atom. The Morgan fingerprint density at radius 3 is 2.25 bits per heavy atom. The molecule has 0 bridgehead atoms. The molecule has 2 rings (SSSR count). The minimum Gasteiger partial charge on any atom is -0.368 e. The summed E-state index contributed by atoms with van der Waals surface area (Å²) in [4.78, 5) is 16.8. The van der Waals surface area contributed by atoms with Gasteiger partial charge in [-0.05, 0) is 47.1 Å². The highest BCUT2D eigenvalue weighted by atomic mass is 16.1. The van der Waals surface area contributed by atoms with Gasteiger partial charge >= 0.3 is 0 Å². The number of primary amides is 1. The smallest absolute Gasteiger partial charge is 0.237 e. The second-order valence-corrected chi connectivity index (χ2v) is 7.29. The number of nitrogens with zero attached hydrogens (tertiary/aromatic N) is 2. The van der Waals surface area contributed by atoms with Crippen molar-refractivity contribution in [1.82, 2.24) is 15.1 Å². The number of likely N-dealkylation sites (N-methyl/N-ethyl adjacent to an activating group) is 1. The van der Waals surface area contributed by atoms with Crippen LogP contribution in [0.25, 0.3) is 0 Å². The lowest BCUT2D eigenvalue weighted by atomic mass is 9.96. The minimum atomic E-state index is -0.480. The normalized spacial score (nSPS) is 33.5. The fourth-order valence-corrected chi connectivity index (χ4v) is 3.66. The van der Waals surface area contributed by atoms with Crippen LogP contribution in [0.15, 0.2) is 0 Å². The van der Waals surface area contributed by atoms with E-state index >= 15 is 0 Å². The summed E-state index contributed by atoms with van der Waals surface area (Å²) >= 11 is 0. The zero-order valence-corrected chi connectivity index (χ0v) is 13.4. The van der Waals surface area contributed by atoms with E-state index in [0.717, 1.165) is 45.4 Å². The molecule has 0 aromatic rings. The fourth-order valence-electron chi connectivity index (χ4n) is 3.66. The van der Waals surface area contributed by atoms with Crippen LogP contribution < -0.4 is 11.1 Å². The van der Waals surface area contributed by atoms with E-state index in [2.05, 4.69) is 35.9 Å². The maximum Gasteiger partial charge on any atom is 0.237 e. The van der Waals surface area contributed by atoms with Crippen molar-refractivity contribution in [3.05, 3.63) is 0 Å². The number of piperazine rings is 1. The summed E-state index contributed by atoms with van der Waals surface area (Å²) in [6, 6.07) is 0.497. The van der Waals surface area contributed by atoms with Crippen LogP contribution in [0, 0.1) is 0 Å². The molecule has 2 unspecified atom stereocenters. The van der Waals surface area contributed by atoms with E-state index < -0.39 is 5.54 Å². The van der Waals surface area contributed by atoms with Crippen LogP contribution in [-0.2, 0) is 4.79 Å². The van der Waals surface area contributed by atoms with Gasteiger partial charge in [0.05, 0.1) is 5.54 Å². The molecule has 1 amide bonds. The van der Waals surface area contributed by atoms with Crippen LogP contribution in [0.4, 0.5) is 0 Å². The van der Waals surface area contributed by atoms with Crippen LogP contribution in [0.3, 0.4) is 0 Å². The monoisotopic (exact) mass is 282 g/mol. The van der Waals surface area contributed by atoms with E-state index in [1.165, 1.54) is 0 Å². The zero-order valence-electron chi connectivity index (χ0n) is 13.4. The summed E-state index contributed by atoms with van der Waals surface area (Å²) in [6.45, 7) is 11.2. The number of carbonyl (C=O) groups excluding carboxylic acids is 1. The molecular weight excluding hydrogens is 252 g/mol. The first-order valence-electron chi connectivity index (χ1n) is 7.76. The van der Waals surface area contributed by atoms with Crippen molar-refractivity contribution >= 4 is 5.91 Å². The molecule has 0 aromatic heterocycles. The first kappa shape index (κ1) is 15.7. The van der Waals surface area contributed by atoms with Gasteiger partial charge < -0.3 is 11.1 Å². The highest BCUT2D eigenvalue weighted by molar-refractivity contribution is 5.85. The number of nitrogens with two attached hydrogens (primary N) is 1. The second kappa shape index (κ2) is 5.62. The third-order valence-electron chi connectivity index (χ3n) is 5.22. The van der Waals surface area contributed by atoms with Crippen LogP contribution in [-0.4, -0.2) is 66.1 Å². The lowest BCUT2D eigenvalue weighted by Gasteiger charge is -2.44. The molecule has 20 heavy (non-hydrogen) atoms. The van der Waals surface area contributed by atoms with Crippen molar-refractivity contribution in [2.45, 2.75) is 57.2 Å². The molecular formula is C15H30N4O. The summed E-state index contributed by atoms with van der Waals surface area (Å²) in [5, 5.41) is 3.17. The first-order chi connectivity index (χ1) is 9.28. The summed E-state index contributed by atoms with van der Waals surface area (Å²) in [6.07, 6.45) is 2.79. The summed E-state index contributed by atoms with van der Waals surface area (Å²) in [5.41, 5.74) is 5.36. The molecule has 0 spiro atoms. The van der Waals surface area contributed by atoms with Gasteiger partial charge in [0.15, 0.2) is 0 Å². The Hall–Kier alpha value is -0.650. The van der Waals surface area contributed by atoms with Crippen LogP contribution in [0.1, 0.15) is 40.0 Å². The molecule has 116 valence electrons.